The second kappa shape index (κ2) is 9.76. The molecule has 0 unspecified atom stereocenters. The zero-order valence-corrected chi connectivity index (χ0v) is 20.4. The Morgan fingerprint density at radius 3 is 2.65 bits per heavy atom. The molecular weight excluding hydrogens is 476 g/mol. The Morgan fingerprint density at radius 2 is 1.89 bits per heavy atom. The number of carboxylic acid groups (broad SMARTS) is 1. The van der Waals surface area contributed by atoms with E-state index >= 15 is 4.39 Å². The van der Waals surface area contributed by atoms with Crippen molar-refractivity contribution in [2.75, 3.05) is 5.32 Å². The van der Waals surface area contributed by atoms with Crippen molar-refractivity contribution < 1.29 is 23.5 Å². The average molecular weight is 504 g/mol. The molecular formula is C29H27F2N3O3. The Labute approximate surface area is 212 Å². The van der Waals surface area contributed by atoms with Crippen LogP contribution >= 0.6 is 0 Å². The van der Waals surface area contributed by atoms with E-state index in [1.165, 1.54) is 29.0 Å². The lowest BCUT2D eigenvalue weighted by atomic mass is 9.69. The molecule has 0 radical (unpaired) electrons. The summed E-state index contributed by atoms with van der Waals surface area (Å²) in [6.07, 6.45) is 8.17. The monoisotopic (exact) mass is 503 g/mol. The maximum absolute atomic E-state index is 15.8. The van der Waals surface area contributed by atoms with Crippen LogP contribution in [-0.2, 0) is 23.1 Å². The van der Waals surface area contributed by atoms with Crippen molar-refractivity contribution >= 4 is 45.3 Å². The molecule has 1 aromatic heterocycles. The predicted molar refractivity (Wildman–Crippen MR) is 139 cm³/mol. The molecule has 8 heteroatoms. The molecule has 4 aromatic rings. The number of carbonyl (C=O) groups is 2. The van der Waals surface area contributed by atoms with Crippen LogP contribution in [0.1, 0.15) is 43.2 Å². The maximum atomic E-state index is 15.8. The summed E-state index contributed by atoms with van der Waals surface area (Å²) in [6.45, 7) is 0. The first-order chi connectivity index (χ1) is 17.8. The highest BCUT2D eigenvalue weighted by atomic mass is 19.1. The third-order valence-electron chi connectivity index (χ3n) is 7.31. The fraction of sp³-hybridized carbons (Fsp3) is 0.276. The third kappa shape index (κ3) is 4.83. The molecule has 0 atom stereocenters. The molecule has 0 saturated heterocycles. The minimum absolute atomic E-state index is 0.245. The van der Waals surface area contributed by atoms with E-state index in [0.717, 1.165) is 36.3 Å². The van der Waals surface area contributed by atoms with Gasteiger partial charge in [-0.2, -0.15) is 5.10 Å². The maximum Gasteiger partial charge on any atom is 0.328 e. The molecule has 1 aliphatic carbocycles. The van der Waals surface area contributed by atoms with Gasteiger partial charge >= 0.3 is 5.97 Å². The second-order valence-electron chi connectivity index (χ2n) is 9.83. The predicted octanol–water partition coefficient (Wildman–Crippen LogP) is 6.23. The topological polar surface area (TPSA) is 84.2 Å². The number of rotatable bonds is 6. The van der Waals surface area contributed by atoms with Crippen molar-refractivity contribution in [2.24, 2.45) is 12.5 Å². The lowest BCUT2D eigenvalue weighted by molar-refractivity contribution is -0.131. The van der Waals surface area contributed by atoms with Crippen LogP contribution in [0.4, 0.5) is 14.5 Å². The van der Waals surface area contributed by atoms with Crippen molar-refractivity contribution in [3.63, 3.8) is 0 Å². The van der Waals surface area contributed by atoms with E-state index in [-0.39, 0.29) is 17.4 Å². The van der Waals surface area contributed by atoms with Gasteiger partial charge in [-0.1, -0.05) is 37.5 Å². The molecule has 1 fully saturated rings. The van der Waals surface area contributed by atoms with Crippen LogP contribution in [0.25, 0.3) is 27.8 Å². The van der Waals surface area contributed by atoms with E-state index < -0.39 is 17.2 Å². The highest BCUT2D eigenvalue weighted by Gasteiger charge is 2.40. The molecule has 0 bridgehead atoms. The van der Waals surface area contributed by atoms with Crippen LogP contribution in [0.3, 0.4) is 0 Å². The Balaban J connectivity index is 1.52. The van der Waals surface area contributed by atoms with E-state index in [9.17, 15) is 14.0 Å². The number of aryl methyl sites for hydroxylation is 1. The molecule has 0 spiro atoms. The quantitative estimate of drug-likeness (QED) is 0.305. The first-order valence-electron chi connectivity index (χ1n) is 12.3. The minimum atomic E-state index is -1.15. The van der Waals surface area contributed by atoms with E-state index in [1.807, 2.05) is 24.3 Å². The summed E-state index contributed by atoms with van der Waals surface area (Å²) in [7, 11) is 1.70. The second-order valence-corrected chi connectivity index (χ2v) is 9.83. The zero-order valence-electron chi connectivity index (χ0n) is 20.4. The molecule has 1 amide bonds. The van der Waals surface area contributed by atoms with Gasteiger partial charge in [-0.15, -0.1) is 0 Å². The Morgan fingerprint density at radius 1 is 1.11 bits per heavy atom. The van der Waals surface area contributed by atoms with Gasteiger partial charge in [0.25, 0.3) is 0 Å². The summed E-state index contributed by atoms with van der Waals surface area (Å²) in [6, 6.07) is 11.5. The number of amides is 1. The molecule has 1 aliphatic rings. The smallest absolute Gasteiger partial charge is 0.328 e. The first-order valence-corrected chi connectivity index (χ1v) is 12.3. The van der Waals surface area contributed by atoms with Gasteiger partial charge in [0, 0.05) is 29.6 Å². The van der Waals surface area contributed by atoms with E-state index in [2.05, 4.69) is 10.4 Å². The van der Waals surface area contributed by atoms with Crippen LogP contribution in [0, 0.1) is 17.0 Å². The van der Waals surface area contributed by atoms with Crippen LogP contribution in [0.2, 0.25) is 0 Å². The number of hydrogen-bond acceptors (Lipinski definition) is 3. The standard InChI is InChI=1S/C29H27F2N3O3/c1-34-27-21(17-32-34)14-19-6-5-7-20(25(19)26(27)31)16-29(10-3-2-4-11-29)28(37)33-23-13-18(8-9-24(35)36)12-22(30)15-23/h5-9,12-15,17H,2-4,10-11,16H2,1H3,(H,33,37)(H,35,36)/b9-8+. The zero-order chi connectivity index (χ0) is 26.2. The molecule has 2 N–H and O–H groups in total. The summed E-state index contributed by atoms with van der Waals surface area (Å²) in [5, 5.41) is 17.9. The fourth-order valence-electron chi connectivity index (χ4n) is 5.56. The van der Waals surface area contributed by atoms with Crippen LogP contribution in [-0.4, -0.2) is 26.8 Å². The van der Waals surface area contributed by atoms with Gasteiger partial charge in [0.05, 0.1) is 11.6 Å². The van der Waals surface area contributed by atoms with Gasteiger partial charge in [0.2, 0.25) is 5.91 Å². The number of halogens is 2. The van der Waals surface area contributed by atoms with Crippen molar-refractivity contribution in [3.05, 3.63) is 77.5 Å². The molecule has 37 heavy (non-hydrogen) atoms. The van der Waals surface area contributed by atoms with Gasteiger partial charge in [0.15, 0.2) is 5.82 Å². The number of carboxylic acids is 1. The number of anilines is 1. The molecule has 190 valence electrons. The highest BCUT2D eigenvalue weighted by Crippen LogP contribution is 2.42. The normalized spacial score (nSPS) is 15.4. The molecule has 3 aromatic carbocycles. The number of benzene rings is 3. The Kier molecular flexibility index (Phi) is 6.50. The summed E-state index contributed by atoms with van der Waals surface area (Å²) in [5.74, 6) is -2.34. The minimum Gasteiger partial charge on any atom is -0.478 e. The molecule has 1 saturated carbocycles. The molecule has 6 nitrogen and oxygen atoms in total. The number of hydrogen-bond donors (Lipinski definition) is 2. The SMILES string of the molecule is Cn1ncc2cc3cccc(CC4(C(=O)Nc5cc(F)cc(/C=C/C(=O)O)c5)CCCCC4)c3c(F)c21. The van der Waals surface area contributed by atoms with Crippen LogP contribution in [0.5, 0.6) is 0 Å². The number of aromatic nitrogens is 2. The largest absolute Gasteiger partial charge is 0.478 e. The summed E-state index contributed by atoms with van der Waals surface area (Å²) in [5.41, 5.74) is 0.958. The van der Waals surface area contributed by atoms with Crippen molar-refractivity contribution in [1.82, 2.24) is 9.78 Å². The summed E-state index contributed by atoms with van der Waals surface area (Å²) in [4.78, 5) is 24.6. The average Bonchev–Trinajstić information content (AvgIpc) is 3.23. The van der Waals surface area contributed by atoms with Crippen LogP contribution < -0.4 is 5.32 Å². The van der Waals surface area contributed by atoms with Crippen molar-refractivity contribution in [2.45, 2.75) is 38.5 Å². The first kappa shape index (κ1) is 24.6. The fourth-order valence-corrected chi connectivity index (χ4v) is 5.56. The van der Waals surface area contributed by atoms with Gasteiger partial charge in [-0.3, -0.25) is 9.48 Å². The summed E-state index contributed by atoms with van der Waals surface area (Å²) < 4.78 is 31.6. The van der Waals surface area contributed by atoms with E-state index in [0.29, 0.717) is 41.1 Å². The molecule has 1 heterocycles. The molecule has 0 aliphatic heterocycles. The van der Waals surface area contributed by atoms with Crippen molar-refractivity contribution in [1.29, 1.82) is 0 Å². The summed E-state index contributed by atoms with van der Waals surface area (Å²) >= 11 is 0. The number of aliphatic carboxylic acids is 1. The number of nitrogens with zero attached hydrogens (tertiary/aromatic N) is 2. The van der Waals surface area contributed by atoms with Gasteiger partial charge in [-0.25, -0.2) is 13.6 Å². The number of carbonyl (C=O) groups excluding carboxylic acids is 1. The van der Waals surface area contributed by atoms with Gasteiger partial charge in [-0.05, 0) is 66.1 Å². The third-order valence-corrected chi connectivity index (χ3v) is 7.31. The number of nitrogens with one attached hydrogen (secondary N) is 1. The molecule has 5 rings (SSSR count). The lowest BCUT2D eigenvalue weighted by Gasteiger charge is -2.36. The van der Waals surface area contributed by atoms with Gasteiger partial charge < -0.3 is 10.4 Å². The lowest BCUT2D eigenvalue weighted by Crippen LogP contribution is -2.40. The Hall–Kier alpha value is -4.07. The van der Waals surface area contributed by atoms with E-state index in [1.54, 1.807) is 13.2 Å². The highest BCUT2D eigenvalue weighted by molar-refractivity contribution is 6.00. The Bertz CT molecular complexity index is 1550. The number of fused-ring (bicyclic) bond motifs is 2. The van der Waals surface area contributed by atoms with Crippen LogP contribution in [0.15, 0.2) is 54.7 Å². The van der Waals surface area contributed by atoms with E-state index in [4.69, 9.17) is 5.11 Å². The van der Waals surface area contributed by atoms with Gasteiger partial charge in [0.1, 0.15) is 11.3 Å². The van der Waals surface area contributed by atoms with Crippen molar-refractivity contribution in [3.8, 4) is 0 Å².